The van der Waals surface area contributed by atoms with E-state index in [0.29, 0.717) is 10.4 Å². The van der Waals surface area contributed by atoms with Gasteiger partial charge in [0.05, 0.1) is 18.7 Å². The van der Waals surface area contributed by atoms with Crippen LogP contribution in [-0.2, 0) is 47.5 Å². The molecule has 0 fully saturated rings. The first-order valence-corrected chi connectivity index (χ1v) is 10.2. The predicted molar refractivity (Wildman–Crippen MR) is 109 cm³/mol. The molecule has 0 unspecified atom stereocenters. The fraction of sp³-hybridized carbons (Fsp3) is 0.333. The van der Waals surface area contributed by atoms with Gasteiger partial charge in [-0.15, -0.1) is 11.3 Å². The largest absolute Gasteiger partial charge is 0.505 e. The summed E-state index contributed by atoms with van der Waals surface area (Å²) in [5, 5.41) is 10.6. The fourth-order valence-corrected chi connectivity index (χ4v) is 5.14. The van der Waals surface area contributed by atoms with E-state index >= 15 is 0 Å². The number of aryl methyl sites for hydroxylation is 1. The van der Waals surface area contributed by atoms with Crippen LogP contribution in [-0.4, -0.2) is 38.8 Å². The van der Waals surface area contributed by atoms with Crippen molar-refractivity contribution in [3.63, 3.8) is 0 Å². The predicted octanol–water partition coefficient (Wildman–Crippen LogP) is 4.11. The standard InChI is InChI=1S/C15H16N2O4S2.C2H6.CH3.Y/c1-10-5-3-4-6-11(10)14-12(18)13-15(16-9-22-13)17(7-8-21-2)23(14,19)20;1-2;;/h3-6,9,18H,7-8H2,1-2H3;1-2H3;1H3;/q;;-1;. The van der Waals surface area contributed by atoms with Crippen LogP contribution in [0, 0.1) is 14.4 Å². The molecule has 3 rings (SSSR count). The van der Waals surface area contributed by atoms with E-state index in [-0.39, 0.29) is 69.8 Å². The molecule has 1 N–H and O–H groups in total. The molecule has 2 aromatic rings. The van der Waals surface area contributed by atoms with Crippen LogP contribution in [0.3, 0.4) is 0 Å². The second kappa shape index (κ2) is 11.3. The van der Waals surface area contributed by atoms with E-state index in [4.69, 9.17) is 4.74 Å². The topological polar surface area (TPSA) is 79.7 Å². The summed E-state index contributed by atoms with van der Waals surface area (Å²) in [7, 11) is -2.41. The van der Waals surface area contributed by atoms with Crippen LogP contribution in [0.1, 0.15) is 29.9 Å². The SMILES string of the molecule is CC.COCCN1c2ncsc2C(O)=C(c2ccccc2C)S1(=O)=O.[CH3-].[Y]. The molecule has 9 heteroatoms. The van der Waals surface area contributed by atoms with Crippen LogP contribution in [0.4, 0.5) is 5.82 Å². The Morgan fingerprint density at radius 1 is 1.26 bits per heavy atom. The molecule has 0 amide bonds. The zero-order valence-electron chi connectivity index (χ0n) is 16.3. The Bertz CT molecular complexity index is 879. The molecule has 2 heterocycles. The molecule has 0 saturated heterocycles. The fourth-order valence-electron chi connectivity index (χ4n) is 2.52. The molecule has 0 bridgehead atoms. The molecule has 0 spiro atoms. The van der Waals surface area contributed by atoms with Gasteiger partial charge in [-0.25, -0.2) is 17.7 Å². The third-order valence-electron chi connectivity index (χ3n) is 3.65. The van der Waals surface area contributed by atoms with Crippen molar-refractivity contribution in [1.29, 1.82) is 0 Å². The van der Waals surface area contributed by atoms with Gasteiger partial charge in [-0.05, 0) is 12.5 Å². The number of rotatable bonds is 4. The van der Waals surface area contributed by atoms with Crippen LogP contribution in [0.25, 0.3) is 10.7 Å². The Morgan fingerprint density at radius 2 is 1.89 bits per heavy atom. The zero-order chi connectivity index (χ0) is 18.6. The molecule has 1 aromatic carbocycles. The first-order chi connectivity index (χ1) is 12.0. The maximum atomic E-state index is 13.1. The normalized spacial score (nSPS) is 14.3. The molecular weight excluding hydrogens is 461 g/mol. The average molecular weight is 486 g/mol. The maximum absolute atomic E-state index is 13.1. The molecule has 0 aliphatic carbocycles. The van der Waals surface area contributed by atoms with Crippen LogP contribution in [0.2, 0.25) is 0 Å². The number of nitrogens with zero attached hydrogens (tertiary/aromatic N) is 2. The number of benzene rings is 1. The van der Waals surface area contributed by atoms with Gasteiger partial charge in [-0.3, -0.25) is 0 Å². The number of sulfonamides is 1. The number of hydrogen-bond donors (Lipinski definition) is 1. The van der Waals surface area contributed by atoms with Gasteiger partial charge in [0.25, 0.3) is 10.0 Å². The van der Waals surface area contributed by atoms with Gasteiger partial charge < -0.3 is 17.3 Å². The summed E-state index contributed by atoms with van der Waals surface area (Å²) >= 11 is 1.21. The molecule has 1 aliphatic rings. The van der Waals surface area contributed by atoms with E-state index in [1.807, 2.05) is 32.9 Å². The summed E-state index contributed by atoms with van der Waals surface area (Å²) < 4.78 is 32.3. The van der Waals surface area contributed by atoms with Gasteiger partial charge in [0.2, 0.25) is 0 Å². The molecule has 0 atom stereocenters. The third-order valence-corrected chi connectivity index (χ3v) is 6.34. The van der Waals surface area contributed by atoms with Gasteiger partial charge in [0.1, 0.15) is 9.78 Å². The van der Waals surface area contributed by atoms with E-state index in [2.05, 4.69) is 4.98 Å². The average Bonchev–Trinajstić information content (AvgIpc) is 3.07. The Kier molecular flexibility index (Phi) is 10.9. The number of aliphatic hydroxyl groups excluding tert-OH is 1. The van der Waals surface area contributed by atoms with Gasteiger partial charge in [-0.1, -0.05) is 38.1 Å². The molecule has 1 aromatic heterocycles. The van der Waals surface area contributed by atoms with Crippen LogP contribution in [0.5, 0.6) is 0 Å². The first-order valence-electron chi connectivity index (χ1n) is 7.93. The second-order valence-electron chi connectivity index (χ2n) is 5.07. The number of hydrogen-bond acceptors (Lipinski definition) is 6. The monoisotopic (exact) mass is 486 g/mol. The number of ether oxygens (including phenoxy) is 1. The Hall–Kier alpha value is -0.796. The van der Waals surface area contributed by atoms with E-state index in [9.17, 15) is 13.5 Å². The quantitative estimate of drug-likeness (QED) is 0.659. The van der Waals surface area contributed by atoms with Gasteiger partial charge >= 0.3 is 0 Å². The van der Waals surface area contributed by atoms with E-state index in [1.165, 1.54) is 28.3 Å². The molecule has 27 heavy (non-hydrogen) atoms. The minimum atomic E-state index is -3.92. The van der Waals surface area contributed by atoms with Crippen molar-refractivity contribution in [1.82, 2.24) is 4.98 Å². The minimum absolute atomic E-state index is 0. The third kappa shape index (κ3) is 4.98. The van der Waals surface area contributed by atoms with Crippen LogP contribution >= 0.6 is 11.3 Å². The van der Waals surface area contributed by atoms with Crippen molar-refractivity contribution < 1.29 is 51.0 Å². The molecule has 147 valence electrons. The Labute approximate surface area is 191 Å². The van der Waals surface area contributed by atoms with Crippen molar-refractivity contribution in [2.45, 2.75) is 20.8 Å². The van der Waals surface area contributed by atoms with E-state index in [0.717, 1.165) is 5.56 Å². The summed E-state index contributed by atoms with van der Waals surface area (Å²) in [5.74, 6) is 0.00681. The maximum Gasteiger partial charge on any atom is 0.269 e. The Balaban J connectivity index is 0.00000164. The van der Waals surface area contributed by atoms with E-state index < -0.39 is 10.0 Å². The molecule has 0 saturated carbocycles. The van der Waals surface area contributed by atoms with Gasteiger partial charge in [0.15, 0.2) is 11.6 Å². The van der Waals surface area contributed by atoms with Crippen molar-refractivity contribution in [2.75, 3.05) is 24.6 Å². The van der Waals surface area contributed by atoms with Crippen LogP contribution in [0.15, 0.2) is 29.8 Å². The summed E-state index contributed by atoms with van der Waals surface area (Å²) in [6.45, 7) is 6.18. The van der Waals surface area contributed by atoms with Crippen LogP contribution < -0.4 is 4.31 Å². The Morgan fingerprint density at radius 3 is 2.48 bits per heavy atom. The van der Waals surface area contributed by atoms with Crippen molar-refractivity contribution in [3.8, 4) is 0 Å². The number of thiazole rings is 1. The molecular formula is C18H25N2O4S2Y-. The first kappa shape index (κ1) is 26.2. The molecule has 1 radical (unpaired) electrons. The summed E-state index contributed by atoms with van der Waals surface area (Å²) in [6.07, 6.45) is 0. The zero-order valence-corrected chi connectivity index (χ0v) is 20.7. The molecule has 6 nitrogen and oxygen atoms in total. The number of aromatic nitrogens is 1. The summed E-state index contributed by atoms with van der Waals surface area (Å²) in [5.41, 5.74) is 2.79. The number of anilines is 1. The van der Waals surface area contributed by atoms with Crippen molar-refractivity contribution in [3.05, 3.63) is 53.2 Å². The number of fused-ring (bicyclic) bond motifs is 1. The van der Waals surface area contributed by atoms with Gasteiger partial charge in [0, 0.05) is 45.4 Å². The van der Waals surface area contributed by atoms with E-state index in [1.54, 1.807) is 12.1 Å². The van der Waals surface area contributed by atoms with Crippen molar-refractivity contribution >= 4 is 37.8 Å². The van der Waals surface area contributed by atoms with Gasteiger partial charge in [-0.2, -0.15) is 0 Å². The number of aliphatic hydroxyl groups is 1. The smallest absolute Gasteiger partial charge is 0.269 e. The number of methoxy groups -OCH3 is 1. The minimum Gasteiger partial charge on any atom is -0.505 e. The summed E-state index contributed by atoms with van der Waals surface area (Å²) in [6, 6.07) is 7.08. The summed E-state index contributed by atoms with van der Waals surface area (Å²) in [4.78, 5) is 4.48. The second-order valence-corrected chi connectivity index (χ2v) is 7.72. The molecule has 1 aliphatic heterocycles. The van der Waals surface area contributed by atoms with Crippen molar-refractivity contribution in [2.24, 2.45) is 0 Å².